The molecule has 8 heavy (non-hydrogen) atoms. The van der Waals surface area contributed by atoms with Crippen LogP contribution in [0.5, 0.6) is 0 Å². The van der Waals surface area contributed by atoms with E-state index in [1.54, 1.807) is 0 Å². The molecule has 2 N–H and O–H groups in total. The van der Waals surface area contributed by atoms with E-state index in [1.165, 1.54) is 6.92 Å². The number of halogens is 1. The highest BCUT2D eigenvalue weighted by Crippen LogP contribution is 1.72. The van der Waals surface area contributed by atoms with E-state index in [-0.39, 0.29) is 17.6 Å². The number of hydrogen-bond acceptors (Lipinski definition) is 2. The molecule has 4 heteroatoms. The van der Waals surface area contributed by atoms with Gasteiger partial charge < -0.3 is 5.32 Å². The summed E-state index contributed by atoms with van der Waals surface area (Å²) in [5.74, 6) is -0.300. The number of rotatable bonds is 1. The maximum atomic E-state index is 10.2. The predicted octanol–water partition coefficient (Wildman–Crippen LogP) is 0.339. The highest BCUT2D eigenvalue weighted by molar-refractivity contribution is 6.28. The molecule has 0 unspecified atom stereocenters. The Balaban J connectivity index is 3.40. The minimum Gasteiger partial charge on any atom is -0.314 e. The summed E-state index contributed by atoms with van der Waals surface area (Å²) in [6, 6.07) is 0. The third-order valence-electron chi connectivity index (χ3n) is 0.448. The fourth-order valence-electron chi connectivity index (χ4n) is 0.243. The first kappa shape index (κ1) is 7.43. The molecular weight excluding hydrogens is 128 g/mol. The number of alkyl halides is 1. The third-order valence-corrected chi connectivity index (χ3v) is 0.691. The summed E-state index contributed by atoms with van der Waals surface area (Å²) in [7, 11) is 0. The van der Waals surface area contributed by atoms with Crippen LogP contribution in [0.1, 0.15) is 6.92 Å². The highest BCUT2D eigenvalue weighted by atomic mass is 35.5. The molecule has 0 aliphatic carbocycles. The van der Waals surface area contributed by atoms with E-state index >= 15 is 0 Å². The average molecular weight is 135 g/mol. The van der Waals surface area contributed by atoms with Crippen LogP contribution in [0.25, 0.3) is 0 Å². The summed E-state index contributed by atoms with van der Waals surface area (Å²) in [5, 5.41) is 8.94. The Bertz CT molecular complexity index is 113. The molecule has 0 aliphatic rings. The van der Waals surface area contributed by atoms with Crippen molar-refractivity contribution >= 4 is 23.3 Å². The fourth-order valence-corrected chi connectivity index (χ4v) is 0.309. The molecule has 3 nitrogen and oxygen atoms in total. The Hall–Kier alpha value is -0.570. The topological polar surface area (TPSA) is 53.0 Å². The van der Waals surface area contributed by atoms with Crippen LogP contribution in [0.3, 0.4) is 0 Å². The molecule has 0 aromatic rings. The largest absolute Gasteiger partial charge is 0.314 e. The van der Waals surface area contributed by atoms with Gasteiger partial charge in [-0.1, -0.05) is 0 Å². The van der Waals surface area contributed by atoms with E-state index in [2.05, 4.69) is 5.32 Å². The molecule has 0 saturated carbocycles. The first-order chi connectivity index (χ1) is 3.66. The Kier molecular flexibility index (Phi) is 3.19. The summed E-state index contributed by atoms with van der Waals surface area (Å²) in [6.45, 7) is 1.48. The molecule has 0 rings (SSSR count). The van der Waals surface area contributed by atoms with E-state index in [1.807, 2.05) is 0 Å². The van der Waals surface area contributed by atoms with E-state index in [4.69, 9.17) is 17.0 Å². The van der Waals surface area contributed by atoms with Crippen molar-refractivity contribution in [2.24, 2.45) is 0 Å². The van der Waals surface area contributed by atoms with Crippen molar-refractivity contribution in [2.75, 3.05) is 5.88 Å². The van der Waals surface area contributed by atoms with Gasteiger partial charge in [0.1, 0.15) is 5.88 Å². The summed E-state index contributed by atoms with van der Waals surface area (Å²) >= 11 is 5.09. The smallest absolute Gasteiger partial charge is 0.240 e. The van der Waals surface area contributed by atoms with Crippen molar-refractivity contribution in [2.45, 2.75) is 6.92 Å². The Morgan fingerprint density at radius 1 is 1.88 bits per heavy atom. The molecule has 0 aromatic heterocycles. The monoisotopic (exact) mass is 134 g/mol. The van der Waals surface area contributed by atoms with Gasteiger partial charge in [-0.2, -0.15) is 0 Å². The molecule has 0 aliphatic heterocycles. The first-order valence-electron chi connectivity index (χ1n) is 2.07. The van der Waals surface area contributed by atoms with Crippen molar-refractivity contribution in [3.05, 3.63) is 0 Å². The highest BCUT2D eigenvalue weighted by Gasteiger charge is 1.95. The minimum atomic E-state index is -0.334. The van der Waals surface area contributed by atoms with Crippen LogP contribution in [0, 0.1) is 5.41 Å². The lowest BCUT2D eigenvalue weighted by atomic mass is 10.6. The predicted molar refractivity (Wildman–Crippen MR) is 32.3 cm³/mol. The Morgan fingerprint density at radius 3 is 2.50 bits per heavy atom. The second-order valence-electron chi connectivity index (χ2n) is 1.31. The maximum Gasteiger partial charge on any atom is 0.240 e. The average Bonchev–Trinajstić information content (AvgIpc) is 1.65. The molecule has 0 radical (unpaired) electrons. The van der Waals surface area contributed by atoms with Crippen molar-refractivity contribution in [3.8, 4) is 0 Å². The molecule has 0 saturated heterocycles. The first-order valence-corrected chi connectivity index (χ1v) is 2.61. The summed E-state index contributed by atoms with van der Waals surface area (Å²) in [5.41, 5.74) is 0. The van der Waals surface area contributed by atoms with Gasteiger partial charge in [-0.3, -0.25) is 10.2 Å². The van der Waals surface area contributed by atoms with Crippen LogP contribution in [0.2, 0.25) is 0 Å². The van der Waals surface area contributed by atoms with Crippen LogP contribution in [0.4, 0.5) is 0 Å². The van der Waals surface area contributed by atoms with Gasteiger partial charge in [0.05, 0.1) is 5.84 Å². The standard InChI is InChI=1S/C4H7ClN2O/c1-3(6)7-4(8)2-5/h2H2,1H3,(H2,6,7,8). The fraction of sp³-hybridized carbons (Fsp3) is 0.500. The van der Waals surface area contributed by atoms with E-state index < -0.39 is 0 Å². The summed E-state index contributed by atoms with van der Waals surface area (Å²) in [4.78, 5) is 10.2. The molecule has 0 spiro atoms. The SMILES string of the molecule is CC(=N)NC(=O)CCl. The number of carbonyl (C=O) groups excluding carboxylic acids is 1. The van der Waals surface area contributed by atoms with Crippen molar-refractivity contribution < 1.29 is 4.79 Å². The molecule has 0 bridgehead atoms. The molecule has 0 heterocycles. The number of nitrogens with one attached hydrogen (secondary N) is 2. The van der Waals surface area contributed by atoms with Gasteiger partial charge in [0, 0.05) is 0 Å². The quantitative estimate of drug-likeness (QED) is 0.303. The molecular formula is C4H7ClN2O. The van der Waals surface area contributed by atoms with Gasteiger partial charge in [0.2, 0.25) is 5.91 Å². The van der Waals surface area contributed by atoms with Gasteiger partial charge in [0.25, 0.3) is 0 Å². The van der Waals surface area contributed by atoms with Crippen LogP contribution < -0.4 is 5.32 Å². The van der Waals surface area contributed by atoms with Crippen molar-refractivity contribution in [1.82, 2.24) is 5.32 Å². The van der Waals surface area contributed by atoms with Gasteiger partial charge in [-0.25, -0.2) is 0 Å². The molecule has 1 amide bonds. The molecule has 0 aromatic carbocycles. The van der Waals surface area contributed by atoms with Crippen LogP contribution in [-0.4, -0.2) is 17.6 Å². The molecule has 0 fully saturated rings. The van der Waals surface area contributed by atoms with Crippen molar-refractivity contribution in [3.63, 3.8) is 0 Å². The zero-order valence-corrected chi connectivity index (χ0v) is 5.25. The zero-order chi connectivity index (χ0) is 6.57. The van der Waals surface area contributed by atoms with Gasteiger partial charge in [-0.05, 0) is 6.92 Å². The van der Waals surface area contributed by atoms with Crippen LogP contribution >= 0.6 is 11.6 Å². The second kappa shape index (κ2) is 3.43. The lowest BCUT2D eigenvalue weighted by molar-refractivity contribution is -0.117. The van der Waals surface area contributed by atoms with E-state index in [0.717, 1.165) is 0 Å². The normalized spacial score (nSPS) is 8.25. The lowest BCUT2D eigenvalue weighted by Crippen LogP contribution is -2.28. The van der Waals surface area contributed by atoms with Crippen LogP contribution in [-0.2, 0) is 4.79 Å². The maximum absolute atomic E-state index is 10.2. The number of hydrogen-bond donors (Lipinski definition) is 2. The molecule has 0 atom stereocenters. The number of carbonyl (C=O) groups is 1. The van der Waals surface area contributed by atoms with Gasteiger partial charge in [0.15, 0.2) is 0 Å². The van der Waals surface area contributed by atoms with Gasteiger partial charge in [-0.15, -0.1) is 11.6 Å². The number of amides is 1. The lowest BCUT2D eigenvalue weighted by Gasteiger charge is -1.95. The molecule has 46 valence electrons. The third kappa shape index (κ3) is 3.61. The van der Waals surface area contributed by atoms with Crippen LogP contribution in [0.15, 0.2) is 0 Å². The summed E-state index contributed by atoms with van der Waals surface area (Å²) in [6.07, 6.45) is 0. The van der Waals surface area contributed by atoms with E-state index in [9.17, 15) is 4.79 Å². The van der Waals surface area contributed by atoms with E-state index in [0.29, 0.717) is 0 Å². The zero-order valence-electron chi connectivity index (χ0n) is 4.49. The minimum absolute atomic E-state index is 0.0871. The van der Waals surface area contributed by atoms with Gasteiger partial charge >= 0.3 is 0 Å². The Labute approximate surface area is 52.5 Å². The summed E-state index contributed by atoms with van der Waals surface area (Å²) < 4.78 is 0. The number of amidine groups is 1. The Morgan fingerprint density at radius 2 is 2.38 bits per heavy atom. The van der Waals surface area contributed by atoms with Crippen molar-refractivity contribution in [1.29, 1.82) is 5.41 Å². The second-order valence-corrected chi connectivity index (χ2v) is 1.57.